The fraction of sp³-hybridized carbons (Fsp3) is 0. The SMILES string of the molecule is c1ccc(-c2ccc3c(c2)c2ccccc2n3-c2cccc3c2oc2cc(-c4ccc5oc6ccccc6c5c4-c4cccc(-c5nc(-c6ccccc6)nc(-c6ccccc6)n5)c4)ccc23)cc1. The molecule has 6 nitrogen and oxygen atoms in total. The van der Waals surface area contributed by atoms with Gasteiger partial charge in [0, 0.05) is 54.6 Å². The summed E-state index contributed by atoms with van der Waals surface area (Å²) < 4.78 is 16.0. The number of para-hydroxylation sites is 3. The second kappa shape index (κ2) is 15.6. The minimum atomic E-state index is 0.592. The van der Waals surface area contributed by atoms with Crippen LogP contribution in [0, 0.1) is 0 Å². The van der Waals surface area contributed by atoms with E-state index in [9.17, 15) is 0 Å². The number of benzene rings is 10. The molecule has 0 N–H and O–H groups in total. The van der Waals surface area contributed by atoms with E-state index in [-0.39, 0.29) is 0 Å². The molecule has 0 saturated carbocycles. The van der Waals surface area contributed by atoms with Crippen molar-refractivity contribution in [1.82, 2.24) is 19.5 Å². The van der Waals surface area contributed by atoms with Gasteiger partial charge in [-0.1, -0.05) is 176 Å². The molecule has 0 saturated heterocycles. The third kappa shape index (κ3) is 6.38. The summed E-state index contributed by atoms with van der Waals surface area (Å²) in [4.78, 5) is 15.1. The molecule has 322 valence electrons. The summed E-state index contributed by atoms with van der Waals surface area (Å²) >= 11 is 0. The van der Waals surface area contributed by atoms with Crippen LogP contribution in [0.4, 0.5) is 0 Å². The van der Waals surface area contributed by atoms with Gasteiger partial charge in [-0.2, -0.15) is 0 Å². The van der Waals surface area contributed by atoms with E-state index in [4.69, 9.17) is 23.8 Å². The van der Waals surface area contributed by atoms with Crippen molar-refractivity contribution >= 4 is 65.7 Å². The Morgan fingerprint density at radius 1 is 0.304 bits per heavy atom. The van der Waals surface area contributed by atoms with Gasteiger partial charge in [0.1, 0.15) is 16.7 Å². The van der Waals surface area contributed by atoms with Gasteiger partial charge < -0.3 is 13.4 Å². The lowest BCUT2D eigenvalue weighted by Crippen LogP contribution is -2.00. The second-order valence-corrected chi connectivity index (χ2v) is 17.5. The van der Waals surface area contributed by atoms with Crippen molar-refractivity contribution in [3.63, 3.8) is 0 Å². The smallest absolute Gasteiger partial charge is 0.164 e. The topological polar surface area (TPSA) is 69.9 Å². The predicted molar refractivity (Wildman–Crippen MR) is 281 cm³/mol. The summed E-state index contributed by atoms with van der Waals surface area (Å²) in [6.45, 7) is 0. The van der Waals surface area contributed by atoms with Crippen LogP contribution in [0.3, 0.4) is 0 Å². The number of furan rings is 2. The van der Waals surface area contributed by atoms with Crippen molar-refractivity contribution in [1.29, 1.82) is 0 Å². The quantitative estimate of drug-likeness (QED) is 0.159. The highest BCUT2D eigenvalue weighted by atomic mass is 16.3. The molecule has 4 heterocycles. The van der Waals surface area contributed by atoms with Crippen LogP contribution in [0.1, 0.15) is 0 Å². The molecule has 0 aliphatic heterocycles. The van der Waals surface area contributed by atoms with Gasteiger partial charge in [-0.15, -0.1) is 0 Å². The lowest BCUT2D eigenvalue weighted by Gasteiger charge is -2.14. The van der Waals surface area contributed by atoms with Crippen LogP contribution in [-0.4, -0.2) is 19.5 Å². The summed E-state index contributed by atoms with van der Waals surface area (Å²) in [6.07, 6.45) is 0. The van der Waals surface area contributed by atoms with Gasteiger partial charge in [0.15, 0.2) is 23.1 Å². The van der Waals surface area contributed by atoms with Gasteiger partial charge in [0.05, 0.1) is 16.7 Å². The molecule has 0 aliphatic carbocycles. The fourth-order valence-electron chi connectivity index (χ4n) is 10.3. The average Bonchev–Trinajstić information content (AvgIpc) is 4.10. The van der Waals surface area contributed by atoms with E-state index in [2.05, 4.69) is 162 Å². The maximum absolute atomic E-state index is 7.06. The first kappa shape index (κ1) is 38.8. The molecule has 0 spiro atoms. The van der Waals surface area contributed by atoms with E-state index >= 15 is 0 Å². The largest absolute Gasteiger partial charge is 0.456 e. The van der Waals surface area contributed by atoms with Crippen molar-refractivity contribution in [2.45, 2.75) is 0 Å². The zero-order valence-corrected chi connectivity index (χ0v) is 37.0. The number of aromatic nitrogens is 4. The summed E-state index contributed by atoms with van der Waals surface area (Å²) in [5.41, 5.74) is 15.8. The molecule has 6 heteroatoms. The van der Waals surface area contributed by atoms with Gasteiger partial charge in [-0.25, -0.2) is 15.0 Å². The Hall–Kier alpha value is -9.39. The van der Waals surface area contributed by atoms with Crippen LogP contribution >= 0.6 is 0 Å². The van der Waals surface area contributed by atoms with Crippen LogP contribution < -0.4 is 0 Å². The van der Waals surface area contributed by atoms with Crippen LogP contribution in [0.25, 0.3) is 139 Å². The van der Waals surface area contributed by atoms with Crippen molar-refractivity contribution < 1.29 is 8.83 Å². The van der Waals surface area contributed by atoms with Crippen molar-refractivity contribution in [2.75, 3.05) is 0 Å². The molecule has 69 heavy (non-hydrogen) atoms. The number of hydrogen-bond donors (Lipinski definition) is 0. The molecule has 0 bridgehead atoms. The molecule has 4 aromatic heterocycles. The molecular weight excluding hydrogens is 845 g/mol. The molecule has 14 rings (SSSR count). The number of rotatable bonds is 7. The van der Waals surface area contributed by atoms with Crippen molar-refractivity contribution in [2.24, 2.45) is 0 Å². The third-order valence-corrected chi connectivity index (χ3v) is 13.5. The molecule has 0 radical (unpaired) electrons. The first-order valence-corrected chi connectivity index (χ1v) is 23.2. The number of hydrogen-bond acceptors (Lipinski definition) is 5. The molecule has 0 atom stereocenters. The zero-order valence-electron chi connectivity index (χ0n) is 37.0. The normalized spacial score (nSPS) is 11.8. The lowest BCUT2D eigenvalue weighted by atomic mass is 9.89. The minimum absolute atomic E-state index is 0.592. The van der Waals surface area contributed by atoms with Crippen molar-refractivity contribution in [3.8, 4) is 73.2 Å². The molecule has 0 amide bonds. The minimum Gasteiger partial charge on any atom is -0.456 e. The Bertz CT molecular complexity index is 4250. The fourth-order valence-corrected chi connectivity index (χ4v) is 10.3. The average molecular weight is 883 g/mol. The summed E-state index contributed by atoms with van der Waals surface area (Å²) in [6, 6.07) is 80.3. The molecule has 0 unspecified atom stereocenters. The Labute approximate surface area is 396 Å². The van der Waals surface area contributed by atoms with E-state index < -0.39 is 0 Å². The summed E-state index contributed by atoms with van der Waals surface area (Å²) in [7, 11) is 0. The van der Waals surface area contributed by atoms with Crippen LogP contribution in [0.2, 0.25) is 0 Å². The molecule has 0 aliphatic rings. The Kier molecular flexibility index (Phi) is 8.79. The maximum Gasteiger partial charge on any atom is 0.164 e. The first-order chi connectivity index (χ1) is 34.2. The Balaban J connectivity index is 0.945. The standard InChI is InChI=1S/C63H38N4O2/c1-4-16-39(17-5-1)42-31-34-53-51(37-42)47-24-10-12-27-52(47)67(53)54-28-15-26-49-48-32-30-43(38-57(48)69-60(49)54)46-33-35-56-59(50-25-11-13-29-55(50)68-56)58(46)44-22-14-23-45(36-44)63-65-61(40-18-6-2-7-19-40)64-62(66-63)41-20-8-3-9-21-41/h1-38H. The molecule has 10 aromatic carbocycles. The molecule has 0 fully saturated rings. The van der Waals surface area contributed by atoms with E-state index in [1.807, 2.05) is 72.8 Å². The van der Waals surface area contributed by atoms with Gasteiger partial charge in [0.2, 0.25) is 0 Å². The van der Waals surface area contributed by atoms with Crippen LogP contribution in [0.15, 0.2) is 239 Å². The van der Waals surface area contributed by atoms with Gasteiger partial charge in [-0.3, -0.25) is 0 Å². The highest BCUT2D eigenvalue weighted by Gasteiger charge is 2.22. The van der Waals surface area contributed by atoms with Gasteiger partial charge in [-0.05, 0) is 82.4 Å². The number of nitrogens with zero attached hydrogens (tertiary/aromatic N) is 4. The van der Waals surface area contributed by atoms with E-state index in [0.29, 0.717) is 17.5 Å². The van der Waals surface area contributed by atoms with Crippen molar-refractivity contribution in [3.05, 3.63) is 231 Å². The maximum atomic E-state index is 7.06. The Morgan fingerprint density at radius 3 is 1.67 bits per heavy atom. The summed E-state index contributed by atoms with van der Waals surface area (Å²) in [5, 5.41) is 6.60. The van der Waals surface area contributed by atoms with Crippen LogP contribution in [0.5, 0.6) is 0 Å². The van der Waals surface area contributed by atoms with Crippen LogP contribution in [-0.2, 0) is 0 Å². The highest BCUT2D eigenvalue weighted by Crippen LogP contribution is 2.46. The first-order valence-electron chi connectivity index (χ1n) is 23.2. The van der Waals surface area contributed by atoms with Gasteiger partial charge in [0.25, 0.3) is 0 Å². The zero-order chi connectivity index (χ0) is 45.4. The third-order valence-electron chi connectivity index (χ3n) is 13.5. The number of fused-ring (bicyclic) bond motifs is 9. The lowest BCUT2D eigenvalue weighted by molar-refractivity contribution is 0.666. The monoisotopic (exact) mass is 882 g/mol. The second-order valence-electron chi connectivity index (χ2n) is 17.5. The molecular formula is C63H38N4O2. The highest BCUT2D eigenvalue weighted by molar-refractivity contribution is 6.17. The van der Waals surface area contributed by atoms with E-state index in [0.717, 1.165) is 99.5 Å². The van der Waals surface area contributed by atoms with Gasteiger partial charge >= 0.3 is 0 Å². The summed E-state index contributed by atoms with van der Waals surface area (Å²) in [5.74, 6) is 1.83. The Morgan fingerprint density at radius 2 is 0.899 bits per heavy atom. The van der Waals surface area contributed by atoms with E-state index in [1.54, 1.807) is 0 Å². The molecule has 14 aromatic rings. The van der Waals surface area contributed by atoms with E-state index in [1.165, 1.54) is 21.9 Å². The predicted octanol–water partition coefficient (Wildman–Crippen LogP) is 16.8.